The van der Waals surface area contributed by atoms with Crippen molar-refractivity contribution in [2.45, 2.75) is 32.2 Å². The van der Waals surface area contributed by atoms with Gasteiger partial charge in [0.15, 0.2) is 0 Å². The Bertz CT molecular complexity index is 449. The first-order chi connectivity index (χ1) is 9.67. The maximum Gasteiger partial charge on any atom is 0.220 e. The Kier molecular flexibility index (Phi) is 5.01. The Balaban J connectivity index is 2.15. The molecular weight excluding hydrogens is 250 g/mol. The van der Waals surface area contributed by atoms with E-state index in [-0.39, 0.29) is 11.8 Å². The number of primary amides is 1. The molecule has 0 radical (unpaired) electrons. The molecule has 1 saturated heterocycles. The first kappa shape index (κ1) is 14.9. The van der Waals surface area contributed by atoms with Crippen LogP contribution in [-0.4, -0.2) is 26.0 Å². The second-order valence-corrected chi connectivity index (χ2v) is 5.47. The van der Waals surface area contributed by atoms with E-state index in [0.29, 0.717) is 6.04 Å². The maximum atomic E-state index is 11.3. The summed E-state index contributed by atoms with van der Waals surface area (Å²) in [6.45, 7) is 4.01. The Morgan fingerprint density at radius 1 is 1.40 bits per heavy atom. The number of carbonyl (C=O) groups excluding carboxylic acids is 1. The van der Waals surface area contributed by atoms with Gasteiger partial charge in [0.25, 0.3) is 0 Å². The minimum absolute atomic E-state index is 0.0460. The monoisotopic (exact) mass is 275 g/mol. The van der Waals surface area contributed by atoms with Gasteiger partial charge in [-0.15, -0.1) is 0 Å². The molecule has 1 aliphatic heterocycles. The predicted octanol–water partition coefficient (Wildman–Crippen LogP) is 2.06. The van der Waals surface area contributed by atoms with Crippen LogP contribution in [0.4, 0.5) is 5.69 Å². The average molecular weight is 275 g/mol. The molecule has 4 heteroatoms. The first-order valence-electron chi connectivity index (χ1n) is 7.47. The van der Waals surface area contributed by atoms with Gasteiger partial charge in [0, 0.05) is 30.7 Å². The zero-order valence-electron chi connectivity index (χ0n) is 12.4. The minimum Gasteiger partial charge on any atom is -0.371 e. The first-order valence-corrected chi connectivity index (χ1v) is 7.47. The lowest BCUT2D eigenvalue weighted by Crippen LogP contribution is -2.39. The van der Waals surface area contributed by atoms with Gasteiger partial charge >= 0.3 is 0 Å². The topological polar surface area (TPSA) is 58.4 Å². The number of amides is 1. The average Bonchev–Trinajstić information content (AvgIpc) is 2.49. The highest BCUT2D eigenvalue weighted by atomic mass is 16.1. The number of piperidine rings is 1. The van der Waals surface area contributed by atoms with E-state index in [1.54, 1.807) is 0 Å². The number of benzene rings is 1. The molecule has 1 atom stereocenters. The third-order valence-corrected chi connectivity index (χ3v) is 4.31. The van der Waals surface area contributed by atoms with Crippen molar-refractivity contribution in [2.24, 2.45) is 11.7 Å². The number of hydrogen-bond acceptors (Lipinski definition) is 3. The second kappa shape index (κ2) is 6.75. The van der Waals surface area contributed by atoms with Crippen LogP contribution in [0.15, 0.2) is 24.3 Å². The molecule has 1 aromatic carbocycles. The molecular formula is C16H25N3O. The van der Waals surface area contributed by atoms with Gasteiger partial charge in [-0.1, -0.05) is 25.1 Å². The molecule has 20 heavy (non-hydrogen) atoms. The Morgan fingerprint density at radius 3 is 2.60 bits per heavy atom. The highest BCUT2D eigenvalue weighted by molar-refractivity contribution is 5.77. The molecule has 0 bridgehead atoms. The molecule has 1 heterocycles. The third-order valence-electron chi connectivity index (χ3n) is 4.31. The molecule has 1 aromatic rings. The van der Waals surface area contributed by atoms with Gasteiger partial charge < -0.3 is 16.0 Å². The number of carbonyl (C=O) groups is 1. The lowest BCUT2D eigenvalue weighted by Gasteiger charge is -2.34. The van der Waals surface area contributed by atoms with Crippen molar-refractivity contribution in [3.63, 3.8) is 0 Å². The Labute approximate surface area is 121 Å². The second-order valence-electron chi connectivity index (χ2n) is 5.47. The van der Waals surface area contributed by atoms with E-state index in [9.17, 15) is 4.79 Å². The number of nitrogens with one attached hydrogen (secondary N) is 1. The molecule has 110 valence electrons. The third kappa shape index (κ3) is 3.12. The Hall–Kier alpha value is -1.55. The lowest BCUT2D eigenvalue weighted by molar-refractivity contribution is -0.122. The number of rotatable bonds is 5. The van der Waals surface area contributed by atoms with Crippen LogP contribution in [0.3, 0.4) is 0 Å². The molecule has 0 aliphatic carbocycles. The number of nitrogens with zero attached hydrogens (tertiary/aromatic N) is 1. The standard InChI is InChI=1S/C16H25N3O/c1-3-14(18-2)13-6-4-5-7-15(13)19-10-8-12(9-11-19)16(17)20/h4-7,12,14,18H,3,8-11H2,1-2H3,(H2,17,20). The molecule has 1 fully saturated rings. The molecule has 0 spiro atoms. The number of nitrogens with two attached hydrogens (primary N) is 1. The summed E-state index contributed by atoms with van der Waals surface area (Å²) in [7, 11) is 2.00. The summed E-state index contributed by atoms with van der Waals surface area (Å²) in [5.41, 5.74) is 8.04. The molecule has 1 unspecified atom stereocenters. The van der Waals surface area contributed by atoms with E-state index in [0.717, 1.165) is 32.4 Å². The number of anilines is 1. The quantitative estimate of drug-likeness (QED) is 0.865. The van der Waals surface area contributed by atoms with Crippen molar-refractivity contribution < 1.29 is 4.79 Å². The van der Waals surface area contributed by atoms with Gasteiger partial charge in [0.2, 0.25) is 5.91 Å². The summed E-state index contributed by atoms with van der Waals surface area (Å²) in [6.07, 6.45) is 2.78. The summed E-state index contributed by atoms with van der Waals surface area (Å²) in [5.74, 6) is -0.107. The highest BCUT2D eigenvalue weighted by Crippen LogP contribution is 2.31. The van der Waals surface area contributed by atoms with E-state index in [4.69, 9.17) is 5.73 Å². The van der Waals surface area contributed by atoms with Crippen LogP contribution < -0.4 is 16.0 Å². The Morgan fingerprint density at radius 2 is 2.05 bits per heavy atom. The van der Waals surface area contributed by atoms with Crippen molar-refractivity contribution in [3.05, 3.63) is 29.8 Å². The van der Waals surface area contributed by atoms with E-state index < -0.39 is 0 Å². The molecule has 2 rings (SSSR count). The zero-order valence-corrected chi connectivity index (χ0v) is 12.4. The summed E-state index contributed by atoms with van der Waals surface area (Å²) >= 11 is 0. The van der Waals surface area contributed by atoms with Crippen molar-refractivity contribution >= 4 is 11.6 Å². The molecule has 4 nitrogen and oxygen atoms in total. The van der Waals surface area contributed by atoms with Gasteiger partial charge in [-0.3, -0.25) is 4.79 Å². The SMILES string of the molecule is CCC(NC)c1ccccc1N1CCC(C(N)=O)CC1. The van der Waals surface area contributed by atoms with Crippen LogP contribution in [0.2, 0.25) is 0 Å². The maximum absolute atomic E-state index is 11.3. The highest BCUT2D eigenvalue weighted by Gasteiger charge is 2.25. The van der Waals surface area contributed by atoms with Crippen LogP contribution in [0.5, 0.6) is 0 Å². The zero-order chi connectivity index (χ0) is 14.5. The summed E-state index contributed by atoms with van der Waals surface area (Å²) in [4.78, 5) is 13.6. The molecule has 1 aliphatic rings. The van der Waals surface area contributed by atoms with E-state index in [1.807, 2.05) is 7.05 Å². The fraction of sp³-hybridized carbons (Fsp3) is 0.562. The van der Waals surface area contributed by atoms with E-state index in [1.165, 1.54) is 11.3 Å². The number of para-hydroxylation sites is 1. The van der Waals surface area contributed by atoms with Gasteiger partial charge in [-0.05, 0) is 37.9 Å². The fourth-order valence-corrected chi connectivity index (χ4v) is 3.05. The van der Waals surface area contributed by atoms with Crippen LogP contribution >= 0.6 is 0 Å². The minimum atomic E-state index is -0.153. The summed E-state index contributed by atoms with van der Waals surface area (Å²) < 4.78 is 0. The fourth-order valence-electron chi connectivity index (χ4n) is 3.05. The van der Waals surface area contributed by atoms with Crippen LogP contribution in [0, 0.1) is 5.92 Å². The molecule has 3 N–H and O–H groups in total. The number of hydrogen-bond donors (Lipinski definition) is 2. The van der Waals surface area contributed by atoms with Crippen molar-refractivity contribution in [1.82, 2.24) is 5.32 Å². The lowest BCUT2D eigenvalue weighted by atomic mass is 9.94. The van der Waals surface area contributed by atoms with Gasteiger partial charge in [0.05, 0.1) is 0 Å². The molecule has 0 aromatic heterocycles. The smallest absolute Gasteiger partial charge is 0.220 e. The van der Waals surface area contributed by atoms with E-state index in [2.05, 4.69) is 41.4 Å². The van der Waals surface area contributed by atoms with Gasteiger partial charge in [-0.25, -0.2) is 0 Å². The van der Waals surface area contributed by atoms with Crippen molar-refractivity contribution in [1.29, 1.82) is 0 Å². The van der Waals surface area contributed by atoms with E-state index >= 15 is 0 Å². The molecule has 1 amide bonds. The molecule has 0 saturated carbocycles. The largest absolute Gasteiger partial charge is 0.371 e. The summed E-state index contributed by atoms with van der Waals surface area (Å²) in [6, 6.07) is 8.93. The van der Waals surface area contributed by atoms with Crippen LogP contribution in [-0.2, 0) is 4.79 Å². The predicted molar refractivity (Wildman–Crippen MR) is 82.7 cm³/mol. The van der Waals surface area contributed by atoms with Crippen molar-refractivity contribution in [3.8, 4) is 0 Å². The van der Waals surface area contributed by atoms with Crippen LogP contribution in [0.1, 0.15) is 37.8 Å². The van der Waals surface area contributed by atoms with Gasteiger partial charge in [-0.2, -0.15) is 0 Å². The van der Waals surface area contributed by atoms with Crippen molar-refractivity contribution in [2.75, 3.05) is 25.0 Å². The normalized spacial score (nSPS) is 18.0. The summed E-state index contributed by atoms with van der Waals surface area (Å²) in [5, 5.41) is 3.37. The van der Waals surface area contributed by atoms with Gasteiger partial charge in [0.1, 0.15) is 0 Å². The van der Waals surface area contributed by atoms with Crippen LogP contribution in [0.25, 0.3) is 0 Å².